The summed E-state index contributed by atoms with van der Waals surface area (Å²) in [5.41, 5.74) is 8.88. The first-order valence-corrected chi connectivity index (χ1v) is 10.5. The van der Waals surface area contributed by atoms with Gasteiger partial charge < -0.3 is 26.1 Å². The molecular formula is C21H34N6O2. The van der Waals surface area contributed by atoms with Crippen LogP contribution in [0.5, 0.6) is 0 Å². The van der Waals surface area contributed by atoms with E-state index in [4.69, 9.17) is 11.6 Å². The lowest BCUT2D eigenvalue weighted by Crippen LogP contribution is -2.50. The van der Waals surface area contributed by atoms with Crippen molar-refractivity contribution in [3.8, 4) is 0 Å². The lowest BCUT2D eigenvalue weighted by Gasteiger charge is -2.45. The number of nitrogens with two attached hydrogens (primary N) is 2. The van der Waals surface area contributed by atoms with E-state index in [-0.39, 0.29) is 12.3 Å². The molecule has 6 N–H and O–H groups in total. The van der Waals surface area contributed by atoms with Crippen molar-refractivity contribution in [2.75, 3.05) is 48.9 Å². The maximum Gasteiger partial charge on any atom is 0.244 e. The number of carbonyl (C=O) groups is 2. The summed E-state index contributed by atoms with van der Waals surface area (Å²) in [4.78, 5) is 25.5. The first-order valence-electron chi connectivity index (χ1n) is 10.5. The van der Waals surface area contributed by atoms with Crippen molar-refractivity contribution in [3.63, 3.8) is 0 Å². The van der Waals surface area contributed by atoms with E-state index in [1.807, 2.05) is 18.2 Å². The van der Waals surface area contributed by atoms with E-state index in [0.717, 1.165) is 38.2 Å². The number of anilines is 3. The number of carbonyl (C=O) groups excluding carboxylic acids is 2. The molecule has 3 rings (SSSR count). The molecule has 0 aromatic heterocycles. The summed E-state index contributed by atoms with van der Waals surface area (Å²) >= 11 is 0. The van der Waals surface area contributed by atoms with E-state index in [0.29, 0.717) is 23.2 Å². The Morgan fingerprint density at radius 2 is 2.00 bits per heavy atom. The highest BCUT2D eigenvalue weighted by Gasteiger charge is 2.35. The number of nitrogens with one attached hydrogen (secondary N) is 2. The number of hydrogen-bond acceptors (Lipinski definition) is 7. The van der Waals surface area contributed by atoms with Crippen molar-refractivity contribution < 1.29 is 9.59 Å². The van der Waals surface area contributed by atoms with Crippen LogP contribution in [0.15, 0.2) is 18.2 Å². The lowest BCUT2D eigenvalue weighted by atomic mass is 9.71. The van der Waals surface area contributed by atoms with Crippen LogP contribution in [0.25, 0.3) is 0 Å². The zero-order valence-electron chi connectivity index (χ0n) is 17.3. The van der Waals surface area contributed by atoms with Crippen LogP contribution in [0.4, 0.5) is 17.1 Å². The molecule has 1 aromatic rings. The molecule has 1 spiro atoms. The normalized spacial score (nSPS) is 19.6. The van der Waals surface area contributed by atoms with E-state index in [1.54, 1.807) is 7.05 Å². The molecule has 0 bridgehead atoms. The predicted octanol–water partition coefficient (Wildman–Crippen LogP) is 1.01. The number of aldehydes is 1. The van der Waals surface area contributed by atoms with Gasteiger partial charge in [-0.2, -0.15) is 0 Å². The molecule has 2 saturated heterocycles. The fourth-order valence-corrected chi connectivity index (χ4v) is 4.61. The third-order valence-electron chi connectivity index (χ3n) is 6.59. The smallest absolute Gasteiger partial charge is 0.244 e. The highest BCUT2D eigenvalue weighted by atomic mass is 16.2. The predicted molar refractivity (Wildman–Crippen MR) is 117 cm³/mol. The molecule has 8 nitrogen and oxygen atoms in total. The summed E-state index contributed by atoms with van der Waals surface area (Å²) in [7, 11) is 1.56. The van der Waals surface area contributed by atoms with Crippen molar-refractivity contribution in [2.24, 2.45) is 11.3 Å². The van der Waals surface area contributed by atoms with Gasteiger partial charge in [-0.05, 0) is 68.8 Å². The Kier molecular flexibility index (Phi) is 6.97. The van der Waals surface area contributed by atoms with Gasteiger partial charge in [0.1, 0.15) is 12.3 Å². The van der Waals surface area contributed by atoms with Crippen LogP contribution in [-0.4, -0.2) is 51.5 Å². The minimum absolute atomic E-state index is 0.232. The molecule has 2 heterocycles. The number of hydrogen-bond donors (Lipinski definition) is 4. The largest absolute Gasteiger partial charge is 0.397 e. The Hall–Kier alpha value is -2.32. The van der Waals surface area contributed by atoms with Gasteiger partial charge in [0.15, 0.2) is 0 Å². The summed E-state index contributed by atoms with van der Waals surface area (Å²) < 4.78 is 0. The van der Waals surface area contributed by atoms with Gasteiger partial charge in [0, 0.05) is 32.2 Å². The van der Waals surface area contributed by atoms with Crippen LogP contribution >= 0.6 is 0 Å². The fourth-order valence-electron chi connectivity index (χ4n) is 4.61. The van der Waals surface area contributed by atoms with Crippen LogP contribution < -0.4 is 32.1 Å². The van der Waals surface area contributed by atoms with Gasteiger partial charge in [-0.3, -0.25) is 9.80 Å². The molecule has 2 fully saturated rings. The van der Waals surface area contributed by atoms with E-state index in [2.05, 4.69) is 15.5 Å². The topological polar surface area (TPSA) is 117 Å². The Balaban J connectivity index is 1.75. The summed E-state index contributed by atoms with van der Waals surface area (Å²) in [6.07, 6.45) is 6.30. The van der Waals surface area contributed by atoms with Crippen molar-refractivity contribution in [2.45, 2.75) is 44.6 Å². The van der Waals surface area contributed by atoms with Crippen molar-refractivity contribution in [3.05, 3.63) is 18.2 Å². The highest BCUT2D eigenvalue weighted by Crippen LogP contribution is 2.41. The highest BCUT2D eigenvalue weighted by molar-refractivity contribution is 5.87. The van der Waals surface area contributed by atoms with Crippen molar-refractivity contribution in [1.82, 2.24) is 10.6 Å². The third-order valence-corrected chi connectivity index (χ3v) is 6.59. The van der Waals surface area contributed by atoms with E-state index < -0.39 is 6.04 Å². The third kappa shape index (κ3) is 4.82. The van der Waals surface area contributed by atoms with Gasteiger partial charge >= 0.3 is 0 Å². The first kappa shape index (κ1) is 21.4. The molecule has 8 heteroatoms. The lowest BCUT2D eigenvalue weighted by molar-refractivity contribution is -0.122. The molecule has 1 unspecified atom stereocenters. The number of amides is 1. The minimum atomic E-state index is -0.651. The van der Waals surface area contributed by atoms with Gasteiger partial charge in [0.2, 0.25) is 5.91 Å². The van der Waals surface area contributed by atoms with E-state index in [9.17, 15) is 9.59 Å². The zero-order valence-corrected chi connectivity index (χ0v) is 17.3. The fraction of sp³-hybridized carbons (Fsp3) is 0.619. The monoisotopic (exact) mass is 402 g/mol. The number of benzene rings is 1. The Morgan fingerprint density at radius 3 is 2.62 bits per heavy atom. The summed E-state index contributed by atoms with van der Waals surface area (Å²) in [5.74, 6) is 6.09. The number of hydrazine groups is 1. The molecule has 0 radical (unpaired) electrons. The van der Waals surface area contributed by atoms with Gasteiger partial charge in [0.05, 0.1) is 11.4 Å². The SMILES string of the molecule is CNC(=O)C(CCC=O)N(N)c1cc(N2CCC3(CCNCC3)CC2)ccc1N. The van der Waals surface area contributed by atoms with Gasteiger partial charge in [-0.25, -0.2) is 5.84 Å². The van der Waals surface area contributed by atoms with Crippen LogP contribution in [0.1, 0.15) is 38.5 Å². The molecular weight excluding hydrogens is 368 g/mol. The molecule has 1 aromatic carbocycles. The number of likely N-dealkylation sites (N-methyl/N-ethyl adjacent to an activating group) is 1. The molecule has 2 aliphatic rings. The Bertz CT molecular complexity index is 709. The first-order chi connectivity index (χ1) is 14.0. The van der Waals surface area contributed by atoms with Crippen LogP contribution in [-0.2, 0) is 9.59 Å². The molecule has 160 valence electrons. The average Bonchev–Trinajstić information content (AvgIpc) is 2.75. The number of piperidine rings is 2. The molecule has 0 aliphatic carbocycles. The number of rotatable bonds is 7. The van der Waals surface area contributed by atoms with Crippen LogP contribution in [0.2, 0.25) is 0 Å². The van der Waals surface area contributed by atoms with Crippen LogP contribution in [0.3, 0.4) is 0 Å². The second kappa shape index (κ2) is 9.45. The maximum atomic E-state index is 12.3. The van der Waals surface area contributed by atoms with E-state index >= 15 is 0 Å². The summed E-state index contributed by atoms with van der Waals surface area (Å²) in [5, 5.41) is 7.49. The Morgan fingerprint density at radius 1 is 1.31 bits per heavy atom. The molecule has 1 atom stereocenters. The van der Waals surface area contributed by atoms with Gasteiger partial charge in [-0.1, -0.05) is 0 Å². The molecule has 29 heavy (non-hydrogen) atoms. The van der Waals surface area contributed by atoms with Crippen LogP contribution in [0, 0.1) is 5.41 Å². The average molecular weight is 403 g/mol. The zero-order chi connectivity index (χ0) is 20.9. The second-order valence-corrected chi connectivity index (χ2v) is 8.26. The summed E-state index contributed by atoms with van der Waals surface area (Å²) in [6.45, 7) is 4.27. The minimum Gasteiger partial charge on any atom is -0.397 e. The van der Waals surface area contributed by atoms with Gasteiger partial charge in [0.25, 0.3) is 0 Å². The number of nitrogen functional groups attached to an aromatic ring is 1. The van der Waals surface area contributed by atoms with Gasteiger partial charge in [-0.15, -0.1) is 0 Å². The maximum absolute atomic E-state index is 12.3. The summed E-state index contributed by atoms with van der Waals surface area (Å²) in [6, 6.07) is 5.18. The van der Waals surface area contributed by atoms with E-state index in [1.165, 1.54) is 30.7 Å². The number of nitrogens with zero attached hydrogens (tertiary/aromatic N) is 2. The Labute approximate surface area is 172 Å². The second-order valence-electron chi connectivity index (χ2n) is 8.26. The standard InChI is InChI=1S/C21H34N6O2/c1-24-20(29)18(3-2-14-28)27(23)19-15-16(4-5-17(19)22)26-12-8-21(9-13-26)6-10-25-11-7-21/h4-5,14-15,18,25H,2-3,6-13,22-23H2,1H3,(H,24,29). The molecule has 1 amide bonds. The van der Waals surface area contributed by atoms with Crippen molar-refractivity contribution >= 4 is 29.3 Å². The quantitative estimate of drug-likeness (QED) is 0.233. The molecule has 2 aliphatic heterocycles. The molecule has 0 saturated carbocycles. The van der Waals surface area contributed by atoms with Crippen molar-refractivity contribution in [1.29, 1.82) is 0 Å².